The number of aromatic nitrogens is 2. The summed E-state index contributed by atoms with van der Waals surface area (Å²) in [6.07, 6.45) is 7.35. The minimum atomic E-state index is 0.0657. The summed E-state index contributed by atoms with van der Waals surface area (Å²) < 4.78 is 10.7. The molecular formula is C19H20N4O3. The number of hydrogen-bond acceptors (Lipinski definition) is 6. The van der Waals surface area contributed by atoms with E-state index in [2.05, 4.69) is 15.3 Å². The fourth-order valence-corrected chi connectivity index (χ4v) is 4.39. The molecule has 0 radical (unpaired) electrons. The molecule has 0 spiro atoms. The number of carbonyl (C=O) groups excluding carboxylic acids is 1. The molecule has 2 aliphatic heterocycles. The largest absolute Gasteiger partial charge is 0.454 e. The average molecular weight is 352 g/mol. The molecule has 2 aromatic rings. The highest BCUT2D eigenvalue weighted by molar-refractivity contribution is 5.95. The summed E-state index contributed by atoms with van der Waals surface area (Å²) >= 11 is 0. The normalized spacial score (nSPS) is 26.0. The van der Waals surface area contributed by atoms with Crippen LogP contribution in [0.5, 0.6) is 11.5 Å². The quantitative estimate of drug-likeness (QED) is 0.912. The molecule has 0 unspecified atom stereocenters. The van der Waals surface area contributed by atoms with E-state index in [0.29, 0.717) is 34.9 Å². The van der Waals surface area contributed by atoms with Crippen molar-refractivity contribution in [2.75, 3.05) is 25.2 Å². The molecule has 1 aromatic heterocycles. The Kier molecular flexibility index (Phi) is 3.65. The second kappa shape index (κ2) is 6.16. The molecule has 1 aromatic carbocycles. The zero-order chi connectivity index (χ0) is 17.5. The van der Waals surface area contributed by atoms with Gasteiger partial charge in [0.05, 0.1) is 6.20 Å². The zero-order valence-corrected chi connectivity index (χ0v) is 14.3. The highest BCUT2D eigenvalue weighted by atomic mass is 16.7. The second-order valence-corrected chi connectivity index (χ2v) is 7.12. The van der Waals surface area contributed by atoms with Crippen molar-refractivity contribution in [2.45, 2.75) is 18.9 Å². The van der Waals surface area contributed by atoms with Crippen LogP contribution in [0.3, 0.4) is 0 Å². The van der Waals surface area contributed by atoms with Crippen LogP contribution in [0.4, 0.5) is 5.82 Å². The van der Waals surface area contributed by atoms with Crippen LogP contribution in [0.25, 0.3) is 0 Å². The molecular weight excluding hydrogens is 332 g/mol. The summed E-state index contributed by atoms with van der Waals surface area (Å²) in [6, 6.07) is 5.75. The molecule has 1 amide bonds. The third kappa shape index (κ3) is 2.64. The highest BCUT2D eigenvalue weighted by Gasteiger charge is 2.44. The van der Waals surface area contributed by atoms with Crippen LogP contribution in [0.15, 0.2) is 36.8 Å². The summed E-state index contributed by atoms with van der Waals surface area (Å²) in [5.41, 5.74) is 0.660. The first-order valence-corrected chi connectivity index (χ1v) is 8.99. The second-order valence-electron chi connectivity index (χ2n) is 7.12. The van der Waals surface area contributed by atoms with Gasteiger partial charge in [-0.3, -0.25) is 9.78 Å². The van der Waals surface area contributed by atoms with Crippen LogP contribution in [0.2, 0.25) is 0 Å². The van der Waals surface area contributed by atoms with Gasteiger partial charge in [-0.05, 0) is 37.0 Å². The molecule has 1 saturated carbocycles. The van der Waals surface area contributed by atoms with Crippen molar-refractivity contribution in [2.24, 2.45) is 11.8 Å². The smallest absolute Gasteiger partial charge is 0.254 e. The van der Waals surface area contributed by atoms with E-state index >= 15 is 0 Å². The number of amides is 1. The highest BCUT2D eigenvalue weighted by Crippen LogP contribution is 2.40. The zero-order valence-electron chi connectivity index (χ0n) is 14.3. The van der Waals surface area contributed by atoms with Crippen LogP contribution in [0, 0.1) is 11.8 Å². The number of nitrogens with zero attached hydrogens (tertiary/aromatic N) is 3. The molecule has 3 aliphatic rings. The molecule has 5 rings (SSSR count). The van der Waals surface area contributed by atoms with Gasteiger partial charge in [-0.25, -0.2) is 4.98 Å². The van der Waals surface area contributed by atoms with Crippen LogP contribution < -0.4 is 14.8 Å². The van der Waals surface area contributed by atoms with Crippen LogP contribution in [-0.2, 0) is 0 Å². The standard InChI is InChI=1S/C19H20N4O3/c24-19(12-2-4-16-17(7-12)26-11-25-16)23-9-13-1-3-15(14(13)10-23)22-18-8-20-5-6-21-18/h2,4-8,13-15H,1,3,9-11H2,(H,21,22)/t13-,14+,15-/m1/s1. The van der Waals surface area contributed by atoms with E-state index in [9.17, 15) is 4.79 Å². The number of rotatable bonds is 3. The summed E-state index contributed by atoms with van der Waals surface area (Å²) in [5, 5.41) is 3.50. The van der Waals surface area contributed by atoms with E-state index in [0.717, 1.165) is 31.7 Å². The van der Waals surface area contributed by atoms with Crippen molar-refractivity contribution >= 4 is 11.7 Å². The number of hydrogen-bond donors (Lipinski definition) is 1. The monoisotopic (exact) mass is 352 g/mol. The van der Waals surface area contributed by atoms with Gasteiger partial charge >= 0.3 is 0 Å². The molecule has 2 fully saturated rings. The maximum absolute atomic E-state index is 12.9. The van der Waals surface area contributed by atoms with Gasteiger partial charge in [0, 0.05) is 43.0 Å². The van der Waals surface area contributed by atoms with E-state index in [1.165, 1.54) is 0 Å². The Morgan fingerprint density at radius 3 is 2.96 bits per heavy atom. The molecule has 1 aliphatic carbocycles. The van der Waals surface area contributed by atoms with Crippen molar-refractivity contribution in [3.8, 4) is 11.5 Å². The van der Waals surface area contributed by atoms with Gasteiger partial charge in [-0.15, -0.1) is 0 Å². The van der Waals surface area contributed by atoms with Gasteiger partial charge in [-0.2, -0.15) is 0 Å². The Balaban J connectivity index is 1.29. The maximum atomic E-state index is 12.9. The van der Waals surface area contributed by atoms with E-state index in [1.54, 1.807) is 24.7 Å². The van der Waals surface area contributed by atoms with E-state index in [-0.39, 0.29) is 12.7 Å². The summed E-state index contributed by atoms with van der Waals surface area (Å²) in [5.74, 6) is 3.22. The molecule has 0 bridgehead atoms. The molecule has 3 atom stereocenters. The number of likely N-dealkylation sites (tertiary alicyclic amines) is 1. The summed E-state index contributed by atoms with van der Waals surface area (Å²) in [4.78, 5) is 23.3. The first-order chi connectivity index (χ1) is 12.8. The first-order valence-electron chi connectivity index (χ1n) is 8.99. The van der Waals surface area contributed by atoms with Gasteiger partial charge in [-0.1, -0.05) is 0 Å². The van der Waals surface area contributed by atoms with Crippen molar-refractivity contribution in [1.82, 2.24) is 14.9 Å². The minimum absolute atomic E-state index is 0.0657. The van der Waals surface area contributed by atoms with Crippen molar-refractivity contribution < 1.29 is 14.3 Å². The first kappa shape index (κ1) is 15.4. The molecule has 1 saturated heterocycles. The lowest BCUT2D eigenvalue weighted by Crippen LogP contribution is -2.33. The Labute approximate surface area is 151 Å². The number of carbonyl (C=O) groups is 1. The lowest BCUT2D eigenvalue weighted by Gasteiger charge is -2.22. The van der Waals surface area contributed by atoms with Crippen LogP contribution in [0.1, 0.15) is 23.2 Å². The number of benzene rings is 1. The van der Waals surface area contributed by atoms with E-state index in [4.69, 9.17) is 9.47 Å². The van der Waals surface area contributed by atoms with Crippen LogP contribution in [-0.4, -0.2) is 46.7 Å². The van der Waals surface area contributed by atoms with E-state index < -0.39 is 0 Å². The predicted octanol–water partition coefficient (Wildman–Crippen LogP) is 2.17. The summed E-state index contributed by atoms with van der Waals surface area (Å²) in [6.45, 7) is 1.81. The molecule has 26 heavy (non-hydrogen) atoms. The van der Waals surface area contributed by atoms with Crippen molar-refractivity contribution in [3.05, 3.63) is 42.4 Å². The molecule has 134 valence electrons. The van der Waals surface area contributed by atoms with Crippen LogP contribution >= 0.6 is 0 Å². The number of ether oxygens (including phenoxy) is 2. The molecule has 7 heteroatoms. The van der Waals surface area contributed by atoms with Crippen molar-refractivity contribution in [3.63, 3.8) is 0 Å². The Hall–Kier alpha value is -2.83. The fraction of sp³-hybridized carbons (Fsp3) is 0.421. The van der Waals surface area contributed by atoms with Gasteiger partial charge in [0.15, 0.2) is 11.5 Å². The van der Waals surface area contributed by atoms with Gasteiger partial charge in [0.1, 0.15) is 5.82 Å². The third-order valence-electron chi connectivity index (χ3n) is 5.66. The number of anilines is 1. The lowest BCUT2D eigenvalue weighted by molar-refractivity contribution is 0.0779. The van der Waals surface area contributed by atoms with Crippen molar-refractivity contribution in [1.29, 1.82) is 0 Å². The molecule has 7 nitrogen and oxygen atoms in total. The Morgan fingerprint density at radius 2 is 2.08 bits per heavy atom. The molecule has 1 N–H and O–H groups in total. The predicted molar refractivity (Wildman–Crippen MR) is 94.1 cm³/mol. The van der Waals surface area contributed by atoms with Gasteiger partial charge in [0.25, 0.3) is 5.91 Å². The molecule has 3 heterocycles. The lowest BCUT2D eigenvalue weighted by atomic mass is 9.98. The maximum Gasteiger partial charge on any atom is 0.254 e. The van der Waals surface area contributed by atoms with E-state index in [1.807, 2.05) is 17.0 Å². The number of fused-ring (bicyclic) bond motifs is 2. The minimum Gasteiger partial charge on any atom is -0.454 e. The topological polar surface area (TPSA) is 76.6 Å². The Morgan fingerprint density at radius 1 is 1.15 bits per heavy atom. The summed E-state index contributed by atoms with van der Waals surface area (Å²) in [7, 11) is 0. The third-order valence-corrected chi connectivity index (χ3v) is 5.66. The Bertz CT molecular complexity index is 829. The van der Waals surface area contributed by atoms with Gasteiger partial charge in [0.2, 0.25) is 6.79 Å². The number of nitrogens with one attached hydrogen (secondary N) is 1. The fourth-order valence-electron chi connectivity index (χ4n) is 4.39. The average Bonchev–Trinajstić information content (AvgIpc) is 3.38. The van der Waals surface area contributed by atoms with Gasteiger partial charge < -0.3 is 19.7 Å². The SMILES string of the molecule is O=C(c1ccc2c(c1)OCO2)N1C[C@H]2CC[C@@H](Nc3cnccn3)[C@H]2C1.